The summed E-state index contributed by atoms with van der Waals surface area (Å²) in [7, 11) is -4.37. The highest BCUT2D eigenvalue weighted by Crippen LogP contribution is 2.38. The third-order valence-electron chi connectivity index (χ3n) is 7.57. The fourth-order valence-corrected chi connectivity index (χ4v) is 7.36. The molecule has 3 unspecified atom stereocenters. The molecule has 3 aromatic rings. The second-order valence-corrected chi connectivity index (χ2v) is 14.4. The molecule has 0 saturated carbocycles. The highest BCUT2D eigenvalue weighted by Gasteiger charge is 2.37. The van der Waals surface area contributed by atoms with Crippen molar-refractivity contribution in [2.45, 2.75) is 43.7 Å². The van der Waals surface area contributed by atoms with E-state index in [4.69, 9.17) is 17.3 Å². The van der Waals surface area contributed by atoms with Crippen LogP contribution in [0, 0.1) is 0 Å². The molecule has 14 heteroatoms. The van der Waals surface area contributed by atoms with Gasteiger partial charge in [-0.25, -0.2) is 0 Å². The predicted octanol–water partition coefficient (Wildman–Crippen LogP) is 3.16. The molecule has 1 heterocycles. The zero-order valence-electron chi connectivity index (χ0n) is 24.4. The highest BCUT2D eigenvalue weighted by molar-refractivity contribution is 8.04. The molecule has 45 heavy (non-hydrogen) atoms. The van der Waals surface area contributed by atoms with E-state index in [1.165, 1.54) is 4.90 Å². The molecule has 240 valence electrons. The maximum Gasteiger partial charge on any atom is 0.335 e. The number of fused-ring (bicyclic) bond motifs is 1. The fraction of sp³-hybridized carbons (Fsp3) is 0.355. The van der Waals surface area contributed by atoms with Crippen molar-refractivity contribution in [3.8, 4) is 0 Å². The van der Waals surface area contributed by atoms with Gasteiger partial charge in [0.25, 0.3) is 0 Å². The molecule has 0 aromatic heterocycles. The lowest BCUT2D eigenvalue weighted by Gasteiger charge is -2.37. The summed E-state index contributed by atoms with van der Waals surface area (Å²) in [5, 5.41) is 7.79. The number of halogens is 1. The number of amides is 4. The second-order valence-electron chi connectivity index (χ2n) is 10.9. The van der Waals surface area contributed by atoms with Gasteiger partial charge in [0.1, 0.15) is 12.1 Å². The summed E-state index contributed by atoms with van der Waals surface area (Å²) in [6, 6.07) is 18.0. The van der Waals surface area contributed by atoms with Crippen molar-refractivity contribution < 1.29 is 33.5 Å². The number of nitrogens with one attached hydrogen (secondary N) is 2. The van der Waals surface area contributed by atoms with E-state index in [1.54, 1.807) is 30.3 Å². The lowest BCUT2D eigenvalue weighted by molar-refractivity contribution is -0.144. The summed E-state index contributed by atoms with van der Waals surface area (Å²) < 4.78 is 11.5. The maximum atomic E-state index is 13.8. The SMILES string of the molecule is NC(=O)C(CNC(=O)C1CCCCN1C(=O)C(CSCP(=O)(O)O)NC(=O)Cc1ccccc1Cl)c1ccc2ccccc2c1. The number of likely N-dealkylation sites (tertiary alicyclic amines) is 1. The molecule has 11 nitrogen and oxygen atoms in total. The van der Waals surface area contributed by atoms with E-state index in [9.17, 15) is 33.5 Å². The van der Waals surface area contributed by atoms with Crippen LogP contribution in [-0.4, -0.2) is 74.7 Å². The number of carbonyl (C=O) groups excluding carboxylic acids is 4. The minimum absolute atomic E-state index is 0.0683. The monoisotopic (exact) mass is 674 g/mol. The number of hydrogen-bond acceptors (Lipinski definition) is 6. The zero-order chi connectivity index (χ0) is 32.6. The number of nitrogens with zero attached hydrogens (tertiary/aromatic N) is 1. The van der Waals surface area contributed by atoms with Gasteiger partial charge < -0.3 is 31.1 Å². The highest BCUT2D eigenvalue weighted by atomic mass is 35.5. The van der Waals surface area contributed by atoms with Gasteiger partial charge >= 0.3 is 7.60 Å². The van der Waals surface area contributed by atoms with Crippen LogP contribution in [0.3, 0.4) is 0 Å². The first-order valence-electron chi connectivity index (χ1n) is 14.4. The number of nitrogens with two attached hydrogens (primary N) is 1. The van der Waals surface area contributed by atoms with Crippen molar-refractivity contribution >= 4 is 65.4 Å². The molecule has 4 amide bonds. The van der Waals surface area contributed by atoms with Crippen molar-refractivity contribution in [1.82, 2.24) is 15.5 Å². The van der Waals surface area contributed by atoms with Crippen LogP contribution in [-0.2, 0) is 30.2 Å². The van der Waals surface area contributed by atoms with Crippen LogP contribution in [0.25, 0.3) is 10.8 Å². The smallest absolute Gasteiger partial charge is 0.335 e. The summed E-state index contributed by atoms with van der Waals surface area (Å²) in [4.78, 5) is 72.8. The van der Waals surface area contributed by atoms with Crippen molar-refractivity contribution in [2.75, 3.05) is 24.3 Å². The van der Waals surface area contributed by atoms with Crippen LogP contribution in [0.5, 0.6) is 0 Å². The number of rotatable bonds is 13. The number of thioether (sulfide) groups is 1. The van der Waals surface area contributed by atoms with Gasteiger partial charge in [-0.3, -0.25) is 23.7 Å². The van der Waals surface area contributed by atoms with Crippen LogP contribution in [0.15, 0.2) is 66.7 Å². The molecule has 0 bridgehead atoms. The Morgan fingerprint density at radius 3 is 2.44 bits per heavy atom. The first kappa shape index (κ1) is 34.5. The van der Waals surface area contributed by atoms with Crippen LogP contribution in [0.1, 0.15) is 36.3 Å². The molecule has 1 aliphatic rings. The summed E-state index contributed by atoms with van der Waals surface area (Å²) >= 11 is 7.03. The minimum Gasteiger partial charge on any atom is -0.369 e. The molecule has 0 aliphatic carbocycles. The van der Waals surface area contributed by atoms with Gasteiger partial charge in [0.2, 0.25) is 23.6 Å². The number of primary amides is 1. The van der Waals surface area contributed by atoms with E-state index in [1.807, 2.05) is 36.4 Å². The molecular weight excluding hydrogens is 639 g/mol. The lowest BCUT2D eigenvalue weighted by Crippen LogP contribution is -2.58. The van der Waals surface area contributed by atoms with E-state index in [0.717, 1.165) is 22.5 Å². The van der Waals surface area contributed by atoms with Crippen LogP contribution in [0.2, 0.25) is 5.02 Å². The Hall–Kier alpha value is -3.41. The Kier molecular flexibility index (Phi) is 12.0. The van der Waals surface area contributed by atoms with Crippen molar-refractivity contribution in [2.24, 2.45) is 5.73 Å². The average molecular weight is 675 g/mol. The Morgan fingerprint density at radius 2 is 1.73 bits per heavy atom. The van der Waals surface area contributed by atoms with E-state index >= 15 is 0 Å². The van der Waals surface area contributed by atoms with E-state index in [0.29, 0.717) is 35.4 Å². The molecule has 6 N–H and O–H groups in total. The predicted molar refractivity (Wildman–Crippen MR) is 175 cm³/mol. The van der Waals surface area contributed by atoms with Gasteiger partial charge in [-0.05, 0) is 47.2 Å². The minimum atomic E-state index is -4.37. The van der Waals surface area contributed by atoms with Gasteiger partial charge in [-0.2, -0.15) is 0 Å². The lowest BCUT2D eigenvalue weighted by atomic mass is 9.95. The van der Waals surface area contributed by atoms with Crippen molar-refractivity contribution in [1.29, 1.82) is 0 Å². The number of piperidine rings is 1. The number of benzene rings is 3. The summed E-state index contributed by atoms with van der Waals surface area (Å²) in [5.41, 5.74) is 6.39. The molecule has 1 aliphatic heterocycles. The van der Waals surface area contributed by atoms with Crippen LogP contribution in [0.4, 0.5) is 0 Å². The van der Waals surface area contributed by atoms with Crippen LogP contribution >= 0.6 is 31.0 Å². The van der Waals surface area contributed by atoms with Gasteiger partial charge in [-0.15, -0.1) is 11.8 Å². The Bertz CT molecular complexity index is 1600. The van der Waals surface area contributed by atoms with Gasteiger partial charge in [0.15, 0.2) is 0 Å². The van der Waals surface area contributed by atoms with E-state index in [-0.39, 0.29) is 25.3 Å². The molecule has 4 rings (SSSR count). The topological polar surface area (TPSA) is 179 Å². The largest absolute Gasteiger partial charge is 0.369 e. The Balaban J connectivity index is 1.47. The van der Waals surface area contributed by atoms with Gasteiger partial charge in [-0.1, -0.05) is 72.3 Å². The molecule has 1 saturated heterocycles. The summed E-state index contributed by atoms with van der Waals surface area (Å²) in [6.07, 6.45) is 1.57. The third kappa shape index (κ3) is 9.79. The number of carbonyl (C=O) groups is 4. The van der Waals surface area contributed by atoms with E-state index < -0.39 is 54.7 Å². The molecule has 3 aromatic carbocycles. The molecular formula is C31H36ClN4O7PS. The third-order valence-corrected chi connectivity index (χ3v) is 10.6. The van der Waals surface area contributed by atoms with Crippen molar-refractivity contribution in [3.63, 3.8) is 0 Å². The van der Waals surface area contributed by atoms with Crippen molar-refractivity contribution in [3.05, 3.63) is 82.9 Å². The summed E-state index contributed by atoms with van der Waals surface area (Å²) in [5.74, 6) is -3.02. The Labute approximate surface area is 270 Å². The van der Waals surface area contributed by atoms with E-state index in [2.05, 4.69) is 10.6 Å². The van der Waals surface area contributed by atoms with Crippen LogP contribution < -0.4 is 16.4 Å². The first-order chi connectivity index (χ1) is 21.4. The normalized spacial score (nSPS) is 16.5. The van der Waals surface area contributed by atoms with Gasteiger partial charge in [0, 0.05) is 23.9 Å². The average Bonchev–Trinajstić information content (AvgIpc) is 3.00. The molecule has 3 atom stereocenters. The van der Waals surface area contributed by atoms with Gasteiger partial charge in [0.05, 0.1) is 17.8 Å². The Morgan fingerprint density at radius 1 is 1.02 bits per heavy atom. The quantitative estimate of drug-likeness (QED) is 0.172. The standard InChI is InChI=1S/C31H36ClN4O7PS/c32-25-10-4-3-9-23(25)16-28(37)35-26(18-45-19-44(41,42)43)31(40)36-14-6-5-11-27(36)30(39)34-17-24(29(33)38)22-13-12-20-7-1-2-8-21(20)15-22/h1-4,7-10,12-13,15,24,26-27H,5-6,11,14,16-19H2,(H2,33,38)(H,34,39)(H,35,37)(H2,41,42,43). The number of hydrogen-bond donors (Lipinski definition) is 5. The molecule has 1 fully saturated rings. The maximum absolute atomic E-state index is 13.8. The molecule has 0 spiro atoms. The summed E-state index contributed by atoms with van der Waals surface area (Å²) in [6.45, 7) is 0.183. The zero-order valence-corrected chi connectivity index (χ0v) is 26.9. The fourth-order valence-electron chi connectivity index (χ4n) is 5.32. The second kappa shape index (κ2) is 15.7. The molecule has 0 radical (unpaired) electrons. The first-order valence-corrected chi connectivity index (χ1v) is 17.8.